The number of anilines is 1. The molecule has 1 aliphatic rings. The first kappa shape index (κ1) is 16.4. The number of nitro groups is 1. The molecule has 0 unspecified atom stereocenters. The van der Waals surface area contributed by atoms with E-state index in [4.69, 9.17) is 5.14 Å². The van der Waals surface area contributed by atoms with Crippen LogP contribution in [0.4, 0.5) is 11.4 Å². The molecule has 9 heteroatoms. The summed E-state index contributed by atoms with van der Waals surface area (Å²) in [5.74, 6) is 0.337. The van der Waals surface area contributed by atoms with Crippen molar-refractivity contribution in [2.75, 3.05) is 5.43 Å². The van der Waals surface area contributed by atoms with Gasteiger partial charge in [-0.2, -0.15) is 5.10 Å². The lowest BCUT2D eigenvalue weighted by atomic mass is 9.89. The number of hydrogen-bond donors (Lipinski definition) is 2. The fourth-order valence-electron chi connectivity index (χ4n) is 2.40. The topological polar surface area (TPSA) is 128 Å². The van der Waals surface area contributed by atoms with E-state index < -0.39 is 14.9 Å². The number of rotatable bonds is 4. The maximum atomic E-state index is 11.3. The van der Waals surface area contributed by atoms with Crippen molar-refractivity contribution in [3.63, 3.8) is 0 Å². The molecule has 1 saturated carbocycles. The Hall–Kier alpha value is -2.00. The van der Waals surface area contributed by atoms with Gasteiger partial charge in [0.15, 0.2) is 0 Å². The summed E-state index contributed by atoms with van der Waals surface area (Å²) in [6.45, 7) is 2.07. The molecule has 0 bridgehead atoms. The lowest BCUT2D eigenvalue weighted by Crippen LogP contribution is -2.17. The number of hydrazone groups is 1. The third-order valence-electron chi connectivity index (χ3n) is 3.70. The molecule has 0 heterocycles. The summed E-state index contributed by atoms with van der Waals surface area (Å²) in [4.78, 5) is 10.1. The fourth-order valence-corrected chi connectivity index (χ4v) is 2.94. The summed E-state index contributed by atoms with van der Waals surface area (Å²) in [7, 11) is -3.99. The average Bonchev–Trinajstić information content (AvgIpc) is 2.45. The van der Waals surface area contributed by atoms with Crippen molar-refractivity contribution in [2.24, 2.45) is 16.2 Å². The molecular formula is C13H18N4O4S. The molecule has 0 aromatic heterocycles. The van der Waals surface area contributed by atoms with E-state index in [2.05, 4.69) is 17.5 Å². The van der Waals surface area contributed by atoms with E-state index in [0.717, 1.165) is 37.5 Å². The number of hydrogen-bond acceptors (Lipinski definition) is 6. The summed E-state index contributed by atoms with van der Waals surface area (Å²) >= 11 is 0. The van der Waals surface area contributed by atoms with Gasteiger partial charge in [0, 0.05) is 11.8 Å². The zero-order valence-corrected chi connectivity index (χ0v) is 13.0. The largest absolute Gasteiger partial charge is 0.295 e. The van der Waals surface area contributed by atoms with E-state index in [1.54, 1.807) is 0 Å². The van der Waals surface area contributed by atoms with Gasteiger partial charge >= 0.3 is 0 Å². The van der Waals surface area contributed by atoms with Crippen LogP contribution in [-0.4, -0.2) is 19.1 Å². The van der Waals surface area contributed by atoms with Crippen molar-refractivity contribution < 1.29 is 13.3 Å². The number of nitrogens with zero attached hydrogens (tertiary/aromatic N) is 2. The first-order chi connectivity index (χ1) is 10.3. The lowest BCUT2D eigenvalue weighted by molar-refractivity contribution is -0.384. The highest BCUT2D eigenvalue weighted by Gasteiger charge is 2.20. The van der Waals surface area contributed by atoms with E-state index in [1.807, 2.05) is 0 Å². The van der Waals surface area contributed by atoms with Crippen molar-refractivity contribution in [1.82, 2.24) is 0 Å². The Labute approximate surface area is 128 Å². The number of primary sulfonamides is 1. The van der Waals surface area contributed by atoms with Crippen LogP contribution in [0.25, 0.3) is 0 Å². The van der Waals surface area contributed by atoms with Gasteiger partial charge in [0.1, 0.15) is 5.69 Å². The molecule has 1 atom stereocenters. The lowest BCUT2D eigenvalue weighted by Gasteiger charge is -2.20. The highest BCUT2D eigenvalue weighted by molar-refractivity contribution is 7.89. The molecule has 1 aromatic carbocycles. The zero-order valence-electron chi connectivity index (χ0n) is 12.2. The first-order valence-corrected chi connectivity index (χ1v) is 8.47. The normalized spacial score (nSPS) is 20.8. The Balaban J connectivity index is 2.31. The molecule has 8 nitrogen and oxygen atoms in total. The predicted molar refractivity (Wildman–Crippen MR) is 83.2 cm³/mol. The summed E-state index contributed by atoms with van der Waals surface area (Å²) in [5.41, 5.74) is 3.42. The van der Waals surface area contributed by atoms with Gasteiger partial charge < -0.3 is 0 Å². The van der Waals surface area contributed by atoms with Crippen LogP contribution in [0.15, 0.2) is 28.2 Å². The van der Waals surface area contributed by atoms with E-state index in [1.165, 1.54) is 12.1 Å². The van der Waals surface area contributed by atoms with Crippen molar-refractivity contribution in [1.29, 1.82) is 0 Å². The van der Waals surface area contributed by atoms with Crippen molar-refractivity contribution in [2.45, 2.75) is 37.5 Å². The zero-order chi connectivity index (χ0) is 16.3. The Morgan fingerprint density at radius 2 is 2.14 bits per heavy atom. The number of nitrogens with one attached hydrogen (secondary N) is 1. The number of benzene rings is 1. The molecule has 120 valence electrons. The average molecular weight is 326 g/mol. The Morgan fingerprint density at radius 1 is 1.41 bits per heavy atom. The molecule has 1 fully saturated rings. The van der Waals surface area contributed by atoms with Gasteiger partial charge in [-0.3, -0.25) is 15.5 Å². The quantitative estimate of drug-likeness (QED) is 0.647. The molecule has 3 N–H and O–H groups in total. The maximum Gasteiger partial charge on any atom is 0.295 e. The van der Waals surface area contributed by atoms with Gasteiger partial charge in [0.05, 0.1) is 9.82 Å². The third-order valence-corrected chi connectivity index (χ3v) is 4.61. The van der Waals surface area contributed by atoms with Crippen molar-refractivity contribution >= 4 is 27.1 Å². The van der Waals surface area contributed by atoms with Crippen molar-refractivity contribution in [3.8, 4) is 0 Å². The Bertz CT molecular complexity index is 715. The highest BCUT2D eigenvalue weighted by Crippen LogP contribution is 2.28. The number of nitro benzene ring substituents is 1. The predicted octanol–water partition coefficient (Wildman–Crippen LogP) is 2.22. The standard InChI is InChI=1S/C13H18N4O4S/c1-9-4-2-3-5-11(9)15-16-12-7-6-10(22(14,20)21)8-13(12)17(18)19/h6-9,16H,2-5H2,1H3,(H2,14,20,21)/b15-11-/t9-/m1/s1. The molecule has 22 heavy (non-hydrogen) atoms. The van der Waals surface area contributed by atoms with Crippen LogP contribution in [0.2, 0.25) is 0 Å². The Kier molecular flexibility index (Phi) is 4.77. The molecule has 1 aromatic rings. The van der Waals surface area contributed by atoms with E-state index in [9.17, 15) is 18.5 Å². The summed E-state index contributed by atoms with van der Waals surface area (Å²) in [6, 6.07) is 3.45. The summed E-state index contributed by atoms with van der Waals surface area (Å²) in [6.07, 6.45) is 4.12. The second-order valence-corrected chi connectivity index (χ2v) is 6.90. The second-order valence-electron chi connectivity index (χ2n) is 5.34. The molecular weight excluding hydrogens is 308 g/mol. The van der Waals surface area contributed by atoms with Crippen LogP contribution < -0.4 is 10.6 Å². The minimum absolute atomic E-state index is 0.141. The first-order valence-electron chi connectivity index (χ1n) is 6.92. The van der Waals surface area contributed by atoms with Crippen LogP contribution in [0.5, 0.6) is 0 Å². The second kappa shape index (κ2) is 6.41. The molecule has 0 amide bonds. The Morgan fingerprint density at radius 3 is 2.73 bits per heavy atom. The molecule has 0 saturated heterocycles. The fraction of sp³-hybridized carbons (Fsp3) is 0.462. The van der Waals surface area contributed by atoms with E-state index >= 15 is 0 Å². The molecule has 0 spiro atoms. The van der Waals surface area contributed by atoms with Gasteiger partial charge in [-0.05, 0) is 37.3 Å². The van der Waals surface area contributed by atoms with Gasteiger partial charge in [-0.15, -0.1) is 0 Å². The molecule has 0 aliphatic heterocycles. The van der Waals surface area contributed by atoms with Crippen LogP contribution in [0, 0.1) is 16.0 Å². The van der Waals surface area contributed by atoms with Crippen LogP contribution in [0.1, 0.15) is 32.6 Å². The minimum Gasteiger partial charge on any atom is -0.272 e. The molecule has 2 rings (SSSR count). The van der Waals surface area contributed by atoms with Crippen molar-refractivity contribution in [3.05, 3.63) is 28.3 Å². The van der Waals surface area contributed by atoms with Crippen LogP contribution in [-0.2, 0) is 10.0 Å². The minimum atomic E-state index is -3.99. The van der Waals surface area contributed by atoms with E-state index in [-0.39, 0.29) is 16.3 Å². The molecule has 1 aliphatic carbocycles. The third kappa shape index (κ3) is 3.80. The smallest absolute Gasteiger partial charge is 0.272 e. The number of sulfonamides is 1. The van der Waals surface area contributed by atoms with E-state index in [0.29, 0.717) is 5.92 Å². The monoisotopic (exact) mass is 326 g/mol. The van der Waals surface area contributed by atoms with Gasteiger partial charge in [-0.25, -0.2) is 13.6 Å². The van der Waals surface area contributed by atoms with Crippen LogP contribution >= 0.6 is 0 Å². The summed E-state index contributed by atoms with van der Waals surface area (Å²) < 4.78 is 22.5. The SMILES string of the molecule is C[C@@H]1CCCC/C1=N/Nc1ccc(S(N)(=O)=O)cc1[N+](=O)[O-]. The summed E-state index contributed by atoms with van der Waals surface area (Å²) in [5, 5.41) is 20.3. The highest BCUT2D eigenvalue weighted by atomic mass is 32.2. The maximum absolute atomic E-state index is 11.3. The number of nitrogens with two attached hydrogens (primary N) is 1. The van der Waals surface area contributed by atoms with Gasteiger partial charge in [-0.1, -0.05) is 13.3 Å². The van der Waals surface area contributed by atoms with Crippen LogP contribution in [0.3, 0.4) is 0 Å². The molecule has 0 radical (unpaired) electrons. The van der Waals surface area contributed by atoms with Gasteiger partial charge in [0.25, 0.3) is 5.69 Å². The van der Waals surface area contributed by atoms with Gasteiger partial charge in [0.2, 0.25) is 10.0 Å².